The van der Waals surface area contributed by atoms with Crippen molar-refractivity contribution in [2.24, 2.45) is 0 Å². The van der Waals surface area contributed by atoms with Crippen LogP contribution in [0.5, 0.6) is 0 Å². The minimum atomic E-state index is 0.838. The van der Waals surface area contributed by atoms with Crippen LogP contribution in [-0.2, 0) is 25.9 Å². The number of pyridine rings is 1. The summed E-state index contributed by atoms with van der Waals surface area (Å²) in [5.74, 6) is 3.47. The van der Waals surface area contributed by atoms with E-state index < -0.39 is 0 Å². The number of nitrogens with zero attached hydrogens (tertiary/aromatic N) is 5. The maximum atomic E-state index is 5.06. The second-order valence-electron chi connectivity index (χ2n) is 8.63. The van der Waals surface area contributed by atoms with Crippen LogP contribution in [0, 0.1) is 0 Å². The zero-order valence-corrected chi connectivity index (χ0v) is 17.8. The Balaban J connectivity index is 1.28. The number of fused-ring (bicyclic) bond motifs is 2. The lowest BCUT2D eigenvalue weighted by Gasteiger charge is -2.30. The third-order valence-corrected chi connectivity index (χ3v) is 6.46. The van der Waals surface area contributed by atoms with Crippen molar-refractivity contribution in [3.8, 4) is 0 Å². The fourth-order valence-electron chi connectivity index (χ4n) is 4.81. The zero-order chi connectivity index (χ0) is 20.2. The second-order valence-corrected chi connectivity index (χ2v) is 8.63. The first-order valence-electron chi connectivity index (χ1n) is 11.6. The Morgan fingerprint density at radius 3 is 2.67 bits per heavy atom. The number of benzene rings is 1. The summed E-state index contributed by atoms with van der Waals surface area (Å²) in [4.78, 5) is 7.53. The maximum absolute atomic E-state index is 5.06. The Kier molecular flexibility index (Phi) is 5.93. The van der Waals surface area contributed by atoms with Crippen LogP contribution in [-0.4, -0.2) is 39.4 Å². The van der Waals surface area contributed by atoms with Crippen LogP contribution in [0.3, 0.4) is 0 Å². The number of nitrogens with one attached hydrogen (secondary N) is 1. The van der Waals surface area contributed by atoms with E-state index in [1.165, 1.54) is 55.3 Å². The molecule has 0 saturated carbocycles. The lowest BCUT2D eigenvalue weighted by molar-refractivity contribution is 0.568. The molecule has 5 rings (SSSR count). The van der Waals surface area contributed by atoms with Gasteiger partial charge in [0.15, 0.2) is 0 Å². The number of hydrogen-bond donors (Lipinski definition) is 1. The van der Waals surface area contributed by atoms with E-state index in [2.05, 4.69) is 55.3 Å². The molecule has 6 nitrogen and oxygen atoms in total. The van der Waals surface area contributed by atoms with Crippen molar-refractivity contribution in [1.29, 1.82) is 0 Å². The summed E-state index contributed by atoms with van der Waals surface area (Å²) in [5, 5.41) is 13.8. The van der Waals surface area contributed by atoms with Gasteiger partial charge in [0.1, 0.15) is 17.5 Å². The molecule has 2 aliphatic heterocycles. The number of piperidine rings is 1. The van der Waals surface area contributed by atoms with Gasteiger partial charge < -0.3 is 14.8 Å². The van der Waals surface area contributed by atoms with Gasteiger partial charge in [0.25, 0.3) is 0 Å². The van der Waals surface area contributed by atoms with Crippen LogP contribution in [0.25, 0.3) is 10.9 Å². The smallest absolute Gasteiger partial charge is 0.134 e. The quantitative estimate of drug-likeness (QED) is 0.632. The number of anilines is 1. The van der Waals surface area contributed by atoms with Crippen molar-refractivity contribution in [3.05, 3.63) is 47.5 Å². The fourth-order valence-corrected chi connectivity index (χ4v) is 4.81. The minimum absolute atomic E-state index is 0.838. The fraction of sp³-hybridized carbons (Fsp3) is 0.542. The van der Waals surface area contributed by atoms with E-state index in [1.54, 1.807) is 0 Å². The van der Waals surface area contributed by atoms with Crippen LogP contribution < -0.4 is 10.2 Å². The lowest BCUT2D eigenvalue weighted by Crippen LogP contribution is -2.32. The van der Waals surface area contributed by atoms with Crippen molar-refractivity contribution in [3.63, 3.8) is 0 Å². The van der Waals surface area contributed by atoms with Crippen molar-refractivity contribution >= 4 is 16.7 Å². The van der Waals surface area contributed by atoms with Crippen LogP contribution in [0.2, 0.25) is 0 Å². The molecule has 0 radical (unpaired) electrons. The molecule has 0 aliphatic carbocycles. The predicted octanol–water partition coefficient (Wildman–Crippen LogP) is 3.88. The summed E-state index contributed by atoms with van der Waals surface area (Å²) >= 11 is 0. The number of aromatic nitrogens is 4. The highest BCUT2D eigenvalue weighted by Gasteiger charge is 2.17. The van der Waals surface area contributed by atoms with Gasteiger partial charge in [0, 0.05) is 56.5 Å². The van der Waals surface area contributed by atoms with Crippen molar-refractivity contribution in [1.82, 2.24) is 25.1 Å². The molecule has 6 heteroatoms. The Labute approximate surface area is 178 Å². The van der Waals surface area contributed by atoms with Gasteiger partial charge in [-0.25, -0.2) is 4.98 Å². The molecule has 2 aliphatic rings. The van der Waals surface area contributed by atoms with E-state index in [-0.39, 0.29) is 0 Å². The molecule has 0 bridgehead atoms. The molecular formula is C24H32N6. The molecule has 4 heterocycles. The first-order chi connectivity index (χ1) is 14.9. The maximum Gasteiger partial charge on any atom is 0.134 e. The molecule has 1 saturated heterocycles. The summed E-state index contributed by atoms with van der Waals surface area (Å²) < 4.78 is 2.35. The monoisotopic (exact) mass is 404 g/mol. The van der Waals surface area contributed by atoms with Gasteiger partial charge >= 0.3 is 0 Å². The van der Waals surface area contributed by atoms with Gasteiger partial charge in [-0.1, -0.05) is 24.6 Å². The van der Waals surface area contributed by atoms with E-state index in [1.807, 2.05) is 0 Å². The van der Waals surface area contributed by atoms with E-state index in [0.717, 1.165) is 62.7 Å². The third-order valence-electron chi connectivity index (χ3n) is 6.46. The van der Waals surface area contributed by atoms with Gasteiger partial charge in [-0.3, -0.25) is 0 Å². The SMILES string of the molecule is c1ccc2nc(N3CCCCC3)c(CNCCc3nnc4n3CCCCC4)cc2c1. The Morgan fingerprint density at radius 2 is 1.73 bits per heavy atom. The zero-order valence-electron chi connectivity index (χ0n) is 17.8. The van der Waals surface area contributed by atoms with Crippen LogP contribution in [0.4, 0.5) is 5.82 Å². The lowest BCUT2D eigenvalue weighted by atomic mass is 10.1. The summed E-state index contributed by atoms with van der Waals surface area (Å²) in [7, 11) is 0. The molecule has 3 aromatic rings. The summed E-state index contributed by atoms with van der Waals surface area (Å²) in [6.45, 7) is 5.05. The van der Waals surface area contributed by atoms with Gasteiger partial charge in [-0.2, -0.15) is 0 Å². The molecule has 1 fully saturated rings. The molecule has 30 heavy (non-hydrogen) atoms. The van der Waals surface area contributed by atoms with Gasteiger partial charge in [-0.05, 0) is 44.2 Å². The molecule has 0 amide bonds. The number of aryl methyl sites for hydroxylation is 1. The number of rotatable bonds is 6. The summed E-state index contributed by atoms with van der Waals surface area (Å²) in [6, 6.07) is 10.8. The predicted molar refractivity (Wildman–Crippen MR) is 121 cm³/mol. The van der Waals surface area contributed by atoms with Crippen LogP contribution in [0.1, 0.15) is 55.7 Å². The van der Waals surface area contributed by atoms with Gasteiger partial charge in [0.05, 0.1) is 5.52 Å². The van der Waals surface area contributed by atoms with Gasteiger partial charge in [-0.15, -0.1) is 10.2 Å². The average molecular weight is 405 g/mol. The minimum Gasteiger partial charge on any atom is -0.356 e. The molecule has 0 atom stereocenters. The highest BCUT2D eigenvalue weighted by molar-refractivity contribution is 5.81. The van der Waals surface area contributed by atoms with Crippen LogP contribution in [0.15, 0.2) is 30.3 Å². The Bertz CT molecular complexity index is 989. The molecule has 1 N–H and O–H groups in total. The molecule has 158 valence electrons. The van der Waals surface area contributed by atoms with E-state index in [9.17, 15) is 0 Å². The largest absolute Gasteiger partial charge is 0.356 e. The average Bonchev–Trinajstić information content (AvgIpc) is 3.02. The highest BCUT2D eigenvalue weighted by Crippen LogP contribution is 2.26. The van der Waals surface area contributed by atoms with Crippen molar-refractivity contribution in [2.45, 2.75) is 64.5 Å². The topological polar surface area (TPSA) is 58.9 Å². The highest BCUT2D eigenvalue weighted by atomic mass is 15.3. The van der Waals surface area contributed by atoms with Crippen LogP contribution >= 0.6 is 0 Å². The van der Waals surface area contributed by atoms with E-state index in [0.29, 0.717) is 0 Å². The van der Waals surface area contributed by atoms with Crippen molar-refractivity contribution < 1.29 is 0 Å². The Hall–Kier alpha value is -2.47. The first kappa shape index (κ1) is 19.5. The second kappa shape index (κ2) is 9.13. The summed E-state index contributed by atoms with van der Waals surface area (Å²) in [5.41, 5.74) is 2.39. The number of hydrogen-bond acceptors (Lipinski definition) is 5. The molecule has 1 aromatic carbocycles. The molecule has 2 aromatic heterocycles. The first-order valence-corrected chi connectivity index (χ1v) is 11.6. The Morgan fingerprint density at radius 1 is 0.900 bits per heavy atom. The molecule has 0 spiro atoms. The molecule has 0 unspecified atom stereocenters. The van der Waals surface area contributed by atoms with Crippen molar-refractivity contribution in [2.75, 3.05) is 24.5 Å². The third kappa shape index (κ3) is 4.19. The van der Waals surface area contributed by atoms with E-state index >= 15 is 0 Å². The van der Waals surface area contributed by atoms with E-state index in [4.69, 9.17) is 4.98 Å². The molecular weight excluding hydrogens is 372 g/mol. The standard InChI is InChI=1S/C24H32N6/c1-3-11-22-27-28-23(30(22)16-8-1)12-13-25-18-20-17-19-9-4-5-10-21(19)26-24(20)29-14-6-2-7-15-29/h4-5,9-10,17,25H,1-3,6-8,11-16,18H2. The number of para-hydroxylation sites is 1. The normalized spacial score (nSPS) is 17.1. The summed E-state index contributed by atoms with van der Waals surface area (Å²) in [6.07, 6.45) is 9.64. The van der Waals surface area contributed by atoms with Gasteiger partial charge in [0.2, 0.25) is 0 Å².